The summed E-state index contributed by atoms with van der Waals surface area (Å²) in [5.41, 5.74) is 0. The highest BCUT2D eigenvalue weighted by Gasteiger charge is 2.07. The lowest BCUT2D eigenvalue weighted by Gasteiger charge is -2.06. The van der Waals surface area contributed by atoms with E-state index in [1.165, 1.54) is 7.11 Å². The molecule has 0 atom stereocenters. The van der Waals surface area contributed by atoms with Gasteiger partial charge in [0.25, 0.3) is 5.95 Å². The Morgan fingerprint density at radius 1 is 1.35 bits per heavy atom. The molecular weight excluding hydrogens is 220 g/mol. The molecule has 7 nitrogen and oxygen atoms in total. The van der Waals surface area contributed by atoms with Crippen molar-refractivity contribution in [3.05, 3.63) is 18.5 Å². The average molecular weight is 234 g/mol. The van der Waals surface area contributed by atoms with E-state index >= 15 is 0 Å². The molecule has 0 aliphatic rings. The minimum Gasteiger partial charge on any atom is -0.467 e. The second-order valence-corrected chi connectivity index (χ2v) is 3.32. The summed E-state index contributed by atoms with van der Waals surface area (Å²) in [7, 11) is 1.52. The SMILES string of the molecule is CCCNc1nc(OC)nc(-n2cccn2)n1. The number of hydrogen-bond donors (Lipinski definition) is 1. The van der Waals surface area contributed by atoms with Gasteiger partial charge in [0.05, 0.1) is 7.11 Å². The first-order valence-corrected chi connectivity index (χ1v) is 5.37. The van der Waals surface area contributed by atoms with Gasteiger partial charge in [0.1, 0.15) is 0 Å². The van der Waals surface area contributed by atoms with Crippen LogP contribution in [0.3, 0.4) is 0 Å². The van der Waals surface area contributed by atoms with Gasteiger partial charge in [-0.25, -0.2) is 4.68 Å². The third-order valence-electron chi connectivity index (χ3n) is 2.03. The van der Waals surface area contributed by atoms with Gasteiger partial charge in [0.2, 0.25) is 5.95 Å². The molecule has 0 radical (unpaired) electrons. The predicted octanol–water partition coefficient (Wildman–Crippen LogP) is 0.888. The fourth-order valence-corrected chi connectivity index (χ4v) is 1.24. The topological polar surface area (TPSA) is 77.8 Å². The number of nitrogens with one attached hydrogen (secondary N) is 1. The maximum absolute atomic E-state index is 5.03. The number of hydrogen-bond acceptors (Lipinski definition) is 6. The first-order chi connectivity index (χ1) is 8.33. The van der Waals surface area contributed by atoms with Crippen LogP contribution < -0.4 is 10.1 Å². The molecule has 2 heterocycles. The van der Waals surface area contributed by atoms with Crippen LogP contribution in [-0.4, -0.2) is 38.4 Å². The van der Waals surface area contributed by atoms with Crippen molar-refractivity contribution in [1.82, 2.24) is 24.7 Å². The van der Waals surface area contributed by atoms with Gasteiger partial charge in [-0.2, -0.15) is 20.1 Å². The Balaban J connectivity index is 2.32. The highest BCUT2D eigenvalue weighted by atomic mass is 16.5. The highest BCUT2D eigenvalue weighted by molar-refractivity contribution is 5.29. The summed E-state index contributed by atoms with van der Waals surface area (Å²) in [4.78, 5) is 12.5. The Morgan fingerprint density at radius 3 is 2.88 bits per heavy atom. The third-order valence-corrected chi connectivity index (χ3v) is 2.03. The van der Waals surface area contributed by atoms with Crippen molar-refractivity contribution >= 4 is 5.95 Å². The molecule has 0 saturated heterocycles. The van der Waals surface area contributed by atoms with E-state index in [2.05, 4.69) is 32.3 Å². The molecule has 7 heteroatoms. The maximum atomic E-state index is 5.03. The number of methoxy groups -OCH3 is 1. The summed E-state index contributed by atoms with van der Waals surface area (Å²) in [6, 6.07) is 2.07. The van der Waals surface area contributed by atoms with E-state index in [0.29, 0.717) is 11.9 Å². The minimum atomic E-state index is 0.268. The first kappa shape index (κ1) is 11.3. The fraction of sp³-hybridized carbons (Fsp3) is 0.400. The summed E-state index contributed by atoms with van der Waals surface area (Å²) < 4.78 is 6.59. The van der Waals surface area contributed by atoms with E-state index in [1.807, 2.05) is 0 Å². The second kappa shape index (κ2) is 5.24. The van der Waals surface area contributed by atoms with E-state index < -0.39 is 0 Å². The van der Waals surface area contributed by atoms with Gasteiger partial charge in [0, 0.05) is 18.9 Å². The van der Waals surface area contributed by atoms with Gasteiger partial charge in [0.15, 0.2) is 0 Å². The predicted molar refractivity (Wildman–Crippen MR) is 62.3 cm³/mol. The number of rotatable bonds is 5. The lowest BCUT2D eigenvalue weighted by Crippen LogP contribution is -2.10. The number of anilines is 1. The molecule has 0 unspecified atom stereocenters. The van der Waals surface area contributed by atoms with Crippen LogP contribution in [0, 0.1) is 0 Å². The van der Waals surface area contributed by atoms with Gasteiger partial charge in [-0.05, 0) is 12.5 Å². The fourth-order valence-electron chi connectivity index (χ4n) is 1.24. The van der Waals surface area contributed by atoms with Crippen molar-refractivity contribution in [2.75, 3.05) is 19.0 Å². The van der Waals surface area contributed by atoms with Crippen molar-refractivity contribution in [3.8, 4) is 12.0 Å². The summed E-state index contributed by atoms with van der Waals surface area (Å²) in [5.74, 6) is 0.921. The lowest BCUT2D eigenvalue weighted by molar-refractivity contribution is 0.377. The van der Waals surface area contributed by atoms with Crippen LogP contribution >= 0.6 is 0 Å². The molecule has 2 aromatic heterocycles. The molecule has 1 N–H and O–H groups in total. The lowest BCUT2D eigenvalue weighted by atomic mass is 10.5. The van der Waals surface area contributed by atoms with Crippen molar-refractivity contribution in [2.45, 2.75) is 13.3 Å². The zero-order valence-corrected chi connectivity index (χ0v) is 9.79. The molecule has 2 rings (SSSR count). The largest absolute Gasteiger partial charge is 0.467 e. The third kappa shape index (κ3) is 2.68. The average Bonchev–Trinajstić information content (AvgIpc) is 2.89. The summed E-state index contributed by atoms with van der Waals surface area (Å²) >= 11 is 0. The zero-order chi connectivity index (χ0) is 12.1. The molecule has 90 valence electrons. The van der Waals surface area contributed by atoms with E-state index in [9.17, 15) is 0 Å². The van der Waals surface area contributed by atoms with Crippen molar-refractivity contribution in [3.63, 3.8) is 0 Å². The normalized spacial score (nSPS) is 10.2. The van der Waals surface area contributed by atoms with Crippen molar-refractivity contribution in [2.24, 2.45) is 0 Å². The molecule has 0 aliphatic heterocycles. The molecule has 0 saturated carbocycles. The Morgan fingerprint density at radius 2 is 2.24 bits per heavy atom. The van der Waals surface area contributed by atoms with Crippen molar-refractivity contribution in [1.29, 1.82) is 0 Å². The van der Waals surface area contributed by atoms with Crippen LogP contribution in [0.15, 0.2) is 18.5 Å². The highest BCUT2D eigenvalue weighted by Crippen LogP contribution is 2.09. The van der Waals surface area contributed by atoms with Gasteiger partial charge in [-0.1, -0.05) is 6.92 Å². The monoisotopic (exact) mass is 234 g/mol. The first-order valence-electron chi connectivity index (χ1n) is 5.37. The molecule has 2 aromatic rings. The maximum Gasteiger partial charge on any atom is 0.322 e. The van der Waals surface area contributed by atoms with Crippen LogP contribution in [0.1, 0.15) is 13.3 Å². The van der Waals surface area contributed by atoms with Crippen molar-refractivity contribution < 1.29 is 4.74 Å². The molecule has 17 heavy (non-hydrogen) atoms. The standard InChI is InChI=1S/C10H14N6O/c1-3-5-11-8-13-9(15-10(14-8)17-2)16-7-4-6-12-16/h4,6-7H,3,5H2,1-2H3,(H,11,13,14,15). The molecule has 0 amide bonds. The quantitative estimate of drug-likeness (QED) is 0.827. The zero-order valence-electron chi connectivity index (χ0n) is 9.79. The summed E-state index contributed by atoms with van der Waals surface area (Å²) in [6.07, 6.45) is 4.42. The van der Waals surface area contributed by atoms with E-state index in [4.69, 9.17) is 4.74 Å². The van der Waals surface area contributed by atoms with Gasteiger partial charge in [-0.3, -0.25) is 0 Å². The smallest absolute Gasteiger partial charge is 0.322 e. The Kier molecular flexibility index (Phi) is 3.49. The second-order valence-electron chi connectivity index (χ2n) is 3.32. The molecule has 0 spiro atoms. The van der Waals surface area contributed by atoms with Gasteiger partial charge >= 0.3 is 6.01 Å². The van der Waals surface area contributed by atoms with Gasteiger partial charge < -0.3 is 10.1 Å². The Labute approximate surface area is 98.9 Å². The molecule has 0 fully saturated rings. The number of nitrogens with zero attached hydrogens (tertiary/aromatic N) is 5. The number of ether oxygens (including phenoxy) is 1. The van der Waals surface area contributed by atoms with Crippen LogP contribution in [0.5, 0.6) is 6.01 Å². The molecule has 0 bridgehead atoms. The Bertz CT molecular complexity index is 470. The van der Waals surface area contributed by atoms with Crippen LogP contribution in [0.25, 0.3) is 5.95 Å². The minimum absolute atomic E-state index is 0.268. The summed E-state index contributed by atoms with van der Waals surface area (Å²) in [6.45, 7) is 2.87. The Hall–Kier alpha value is -2.18. The molecule has 0 aliphatic carbocycles. The molecule has 0 aromatic carbocycles. The van der Waals surface area contributed by atoms with Crippen LogP contribution in [-0.2, 0) is 0 Å². The van der Waals surface area contributed by atoms with E-state index in [0.717, 1.165) is 13.0 Å². The van der Waals surface area contributed by atoms with Crippen LogP contribution in [0.2, 0.25) is 0 Å². The number of aromatic nitrogens is 5. The molecular formula is C10H14N6O. The summed E-state index contributed by atoms with van der Waals surface area (Å²) in [5, 5.41) is 7.15. The van der Waals surface area contributed by atoms with Gasteiger partial charge in [-0.15, -0.1) is 0 Å². The van der Waals surface area contributed by atoms with E-state index in [1.54, 1.807) is 23.1 Å². The van der Waals surface area contributed by atoms with Crippen LogP contribution in [0.4, 0.5) is 5.95 Å². The van der Waals surface area contributed by atoms with E-state index in [-0.39, 0.29) is 6.01 Å².